The maximum Gasteiger partial charge on any atom is 0.327 e. The molecule has 0 aliphatic carbocycles. The highest BCUT2D eigenvalue weighted by Crippen LogP contribution is 2.28. The summed E-state index contributed by atoms with van der Waals surface area (Å²) in [4.78, 5) is 24.6. The number of benzene rings is 3. The summed E-state index contributed by atoms with van der Waals surface area (Å²) in [5, 5.41) is 12.6. The summed E-state index contributed by atoms with van der Waals surface area (Å²) in [6.45, 7) is 0. The summed E-state index contributed by atoms with van der Waals surface area (Å²) in [7, 11) is 0. The molecule has 0 aliphatic heterocycles. The van der Waals surface area contributed by atoms with E-state index in [2.05, 4.69) is 5.32 Å². The molecule has 0 aromatic heterocycles. The Morgan fingerprint density at radius 1 is 0.741 bits per heavy atom. The van der Waals surface area contributed by atoms with Crippen molar-refractivity contribution in [3.8, 4) is 0 Å². The van der Waals surface area contributed by atoms with Gasteiger partial charge in [0.25, 0.3) is 0 Å². The van der Waals surface area contributed by atoms with E-state index >= 15 is 0 Å². The predicted octanol–water partition coefficient (Wildman–Crippen LogP) is 3.63. The van der Waals surface area contributed by atoms with Gasteiger partial charge in [-0.05, 0) is 16.7 Å². The highest BCUT2D eigenvalue weighted by Gasteiger charge is 2.32. The van der Waals surface area contributed by atoms with E-state index in [4.69, 9.17) is 0 Å². The zero-order chi connectivity index (χ0) is 19.1. The average Bonchev–Trinajstić information content (AvgIpc) is 2.70. The van der Waals surface area contributed by atoms with Crippen molar-refractivity contribution in [1.29, 1.82) is 0 Å². The quantitative estimate of drug-likeness (QED) is 0.677. The molecule has 3 aromatic rings. The van der Waals surface area contributed by atoms with E-state index in [-0.39, 0.29) is 12.3 Å². The van der Waals surface area contributed by atoms with Crippen LogP contribution < -0.4 is 5.32 Å². The summed E-state index contributed by atoms with van der Waals surface area (Å²) < 4.78 is 0. The second kappa shape index (κ2) is 8.81. The van der Waals surface area contributed by atoms with E-state index in [9.17, 15) is 14.7 Å². The molecular weight excluding hydrogens is 338 g/mol. The number of aliphatic carboxylic acids is 1. The third kappa shape index (κ3) is 4.82. The van der Waals surface area contributed by atoms with E-state index < -0.39 is 17.9 Å². The lowest BCUT2D eigenvalue weighted by atomic mass is 9.85. The number of hydrogen-bond donors (Lipinski definition) is 2. The Hall–Kier alpha value is -3.40. The molecule has 0 fully saturated rings. The molecule has 1 unspecified atom stereocenters. The standard InChI is InChI=1S/C23H21NO3/c25-20(16-17-10-4-1-5-11-17)24-22(23(26)27)21(18-12-6-2-7-13-18)19-14-8-3-9-15-19/h1-15,21-22H,16H2,(H,24,25)(H,26,27). The summed E-state index contributed by atoms with van der Waals surface area (Å²) in [6, 6.07) is 27.0. The summed E-state index contributed by atoms with van der Waals surface area (Å²) in [6.07, 6.45) is 0.140. The molecule has 3 rings (SSSR count). The van der Waals surface area contributed by atoms with Crippen LogP contribution in [0.2, 0.25) is 0 Å². The van der Waals surface area contributed by atoms with Gasteiger partial charge < -0.3 is 10.4 Å². The maximum atomic E-state index is 12.5. The average molecular weight is 359 g/mol. The van der Waals surface area contributed by atoms with Crippen LogP contribution in [0.3, 0.4) is 0 Å². The van der Waals surface area contributed by atoms with Crippen LogP contribution in [-0.4, -0.2) is 23.0 Å². The van der Waals surface area contributed by atoms with E-state index in [1.807, 2.05) is 91.0 Å². The molecule has 27 heavy (non-hydrogen) atoms. The third-order valence-electron chi connectivity index (χ3n) is 4.44. The van der Waals surface area contributed by atoms with Gasteiger partial charge >= 0.3 is 5.97 Å². The molecule has 0 bridgehead atoms. The van der Waals surface area contributed by atoms with Gasteiger partial charge in [0, 0.05) is 5.92 Å². The van der Waals surface area contributed by atoms with Crippen LogP contribution in [0.1, 0.15) is 22.6 Å². The molecule has 136 valence electrons. The number of carboxylic acid groups (broad SMARTS) is 1. The lowest BCUT2D eigenvalue weighted by Gasteiger charge is -2.26. The molecule has 0 saturated heterocycles. The minimum Gasteiger partial charge on any atom is -0.480 e. The van der Waals surface area contributed by atoms with Crippen LogP contribution in [0.15, 0.2) is 91.0 Å². The normalized spacial score (nSPS) is 11.7. The van der Waals surface area contributed by atoms with Crippen molar-refractivity contribution >= 4 is 11.9 Å². The Balaban J connectivity index is 1.89. The Labute approximate surface area is 158 Å². The van der Waals surface area contributed by atoms with Gasteiger partial charge in [-0.1, -0.05) is 91.0 Å². The minimum absolute atomic E-state index is 0.140. The van der Waals surface area contributed by atoms with Crippen LogP contribution in [0.5, 0.6) is 0 Å². The topological polar surface area (TPSA) is 66.4 Å². The van der Waals surface area contributed by atoms with Gasteiger partial charge in [0.15, 0.2) is 0 Å². The highest BCUT2D eigenvalue weighted by molar-refractivity contribution is 5.86. The highest BCUT2D eigenvalue weighted by atomic mass is 16.4. The molecule has 4 nitrogen and oxygen atoms in total. The summed E-state index contributed by atoms with van der Waals surface area (Å²) in [5.41, 5.74) is 2.53. The fourth-order valence-corrected chi connectivity index (χ4v) is 3.19. The van der Waals surface area contributed by atoms with Crippen molar-refractivity contribution in [3.05, 3.63) is 108 Å². The van der Waals surface area contributed by atoms with Gasteiger partial charge in [-0.15, -0.1) is 0 Å². The van der Waals surface area contributed by atoms with Gasteiger partial charge in [0.05, 0.1) is 6.42 Å². The Morgan fingerprint density at radius 3 is 1.63 bits per heavy atom. The summed E-state index contributed by atoms with van der Waals surface area (Å²) in [5.74, 6) is -1.86. The monoisotopic (exact) mass is 359 g/mol. The van der Waals surface area contributed by atoms with Gasteiger partial charge in [-0.3, -0.25) is 4.79 Å². The fourth-order valence-electron chi connectivity index (χ4n) is 3.19. The van der Waals surface area contributed by atoms with Crippen LogP contribution in [0.25, 0.3) is 0 Å². The van der Waals surface area contributed by atoms with Crippen LogP contribution in [0.4, 0.5) is 0 Å². The number of rotatable bonds is 7. The number of carboxylic acids is 1. The first kappa shape index (κ1) is 18.4. The van der Waals surface area contributed by atoms with Gasteiger partial charge in [-0.2, -0.15) is 0 Å². The van der Waals surface area contributed by atoms with Crippen LogP contribution in [-0.2, 0) is 16.0 Å². The van der Waals surface area contributed by atoms with Crippen LogP contribution >= 0.6 is 0 Å². The predicted molar refractivity (Wildman–Crippen MR) is 104 cm³/mol. The molecular formula is C23H21NO3. The van der Waals surface area contributed by atoms with Gasteiger partial charge in [0.2, 0.25) is 5.91 Å². The lowest BCUT2D eigenvalue weighted by molar-refractivity contribution is -0.142. The second-order valence-electron chi connectivity index (χ2n) is 6.34. The Kier molecular flexibility index (Phi) is 6.00. The zero-order valence-electron chi connectivity index (χ0n) is 14.8. The zero-order valence-corrected chi connectivity index (χ0v) is 14.8. The van der Waals surface area contributed by atoms with E-state index in [1.54, 1.807) is 0 Å². The lowest BCUT2D eigenvalue weighted by Crippen LogP contribution is -2.45. The third-order valence-corrected chi connectivity index (χ3v) is 4.44. The van der Waals surface area contributed by atoms with Crippen molar-refractivity contribution in [1.82, 2.24) is 5.32 Å². The van der Waals surface area contributed by atoms with Gasteiger partial charge in [0.1, 0.15) is 6.04 Å². The molecule has 0 saturated carbocycles. The molecule has 0 spiro atoms. The number of hydrogen-bond acceptors (Lipinski definition) is 2. The second-order valence-corrected chi connectivity index (χ2v) is 6.34. The number of amides is 1. The van der Waals surface area contributed by atoms with E-state index in [0.717, 1.165) is 16.7 Å². The van der Waals surface area contributed by atoms with Crippen molar-refractivity contribution < 1.29 is 14.7 Å². The first-order chi connectivity index (χ1) is 13.1. The first-order valence-corrected chi connectivity index (χ1v) is 8.81. The van der Waals surface area contributed by atoms with Crippen molar-refractivity contribution in [3.63, 3.8) is 0 Å². The van der Waals surface area contributed by atoms with Gasteiger partial charge in [-0.25, -0.2) is 4.79 Å². The Bertz CT molecular complexity index is 840. The Morgan fingerprint density at radius 2 is 1.19 bits per heavy atom. The minimum atomic E-state index is -1.06. The summed E-state index contributed by atoms with van der Waals surface area (Å²) >= 11 is 0. The van der Waals surface area contributed by atoms with E-state index in [1.165, 1.54) is 0 Å². The molecule has 2 N–H and O–H groups in total. The van der Waals surface area contributed by atoms with Crippen molar-refractivity contribution in [2.75, 3.05) is 0 Å². The molecule has 0 heterocycles. The van der Waals surface area contributed by atoms with Crippen molar-refractivity contribution in [2.24, 2.45) is 0 Å². The van der Waals surface area contributed by atoms with Crippen LogP contribution in [0, 0.1) is 0 Å². The number of carbonyl (C=O) groups excluding carboxylic acids is 1. The maximum absolute atomic E-state index is 12.5. The largest absolute Gasteiger partial charge is 0.480 e. The van der Waals surface area contributed by atoms with E-state index in [0.29, 0.717) is 0 Å². The molecule has 0 radical (unpaired) electrons. The molecule has 3 aromatic carbocycles. The number of carbonyl (C=O) groups is 2. The smallest absolute Gasteiger partial charge is 0.327 e. The molecule has 1 atom stereocenters. The first-order valence-electron chi connectivity index (χ1n) is 8.81. The van der Waals surface area contributed by atoms with Crippen molar-refractivity contribution in [2.45, 2.75) is 18.4 Å². The molecule has 1 amide bonds. The SMILES string of the molecule is O=C(Cc1ccccc1)NC(C(=O)O)C(c1ccccc1)c1ccccc1. The number of nitrogens with one attached hydrogen (secondary N) is 1. The fraction of sp³-hybridized carbons (Fsp3) is 0.130. The molecule has 4 heteroatoms. The molecule has 0 aliphatic rings.